The molecule has 0 atom stereocenters. The third-order valence-electron chi connectivity index (χ3n) is 8.66. The van der Waals surface area contributed by atoms with E-state index in [1.54, 1.807) is 30.8 Å². The summed E-state index contributed by atoms with van der Waals surface area (Å²) in [5.74, 6) is 2.54. The lowest BCUT2D eigenvalue weighted by atomic mass is 10.1. The van der Waals surface area contributed by atoms with Gasteiger partial charge < -0.3 is 23.7 Å². The molecule has 0 aliphatic rings. The van der Waals surface area contributed by atoms with E-state index in [4.69, 9.17) is 23.7 Å². The average molecular weight is 753 g/mol. The Balaban J connectivity index is 1.30. The molecule has 0 unspecified atom stereocenters. The predicted octanol–water partition coefficient (Wildman–Crippen LogP) is 10.8. The van der Waals surface area contributed by atoms with E-state index >= 15 is 0 Å². The van der Waals surface area contributed by atoms with Crippen molar-refractivity contribution in [2.24, 2.45) is 0 Å². The third kappa shape index (κ3) is 11.3. The van der Waals surface area contributed by atoms with Crippen molar-refractivity contribution in [3.05, 3.63) is 190 Å². The van der Waals surface area contributed by atoms with Gasteiger partial charge in [-0.05, 0) is 60.4 Å². The molecule has 0 bridgehead atoms. The second kappa shape index (κ2) is 19.9. The molecule has 0 fully saturated rings. The molecule has 6 rings (SSSR count). The van der Waals surface area contributed by atoms with Crippen LogP contribution in [0.3, 0.4) is 0 Å². The highest BCUT2D eigenvalue weighted by Gasteiger charge is 2.21. The highest BCUT2D eigenvalue weighted by Crippen LogP contribution is 2.37. The number of carbonyl (C=O) groups is 2. The molecule has 0 saturated carbocycles. The minimum absolute atomic E-state index is 0.114. The number of esters is 1. The van der Waals surface area contributed by atoms with Crippen molar-refractivity contribution in [1.82, 2.24) is 0 Å². The molecule has 0 saturated heterocycles. The van der Waals surface area contributed by atoms with Gasteiger partial charge in [-0.25, -0.2) is 4.79 Å². The predicted molar refractivity (Wildman–Crippen MR) is 217 cm³/mol. The van der Waals surface area contributed by atoms with Crippen LogP contribution < -0.4 is 18.9 Å². The largest absolute Gasteiger partial charge is 0.489 e. The molecule has 6 aromatic carbocycles. The Morgan fingerprint density at radius 2 is 0.818 bits per heavy atom. The highest BCUT2D eigenvalue weighted by atomic mass is 32.2. The Labute approximate surface area is 327 Å². The Morgan fingerprint density at radius 3 is 1.18 bits per heavy atom. The molecular weight excluding hydrogens is 709 g/mol. The first-order valence-electron chi connectivity index (χ1n) is 18.2. The molecule has 6 aromatic rings. The Morgan fingerprint density at radius 1 is 0.473 bits per heavy atom. The number of ether oxygens (including phenoxy) is 5. The maximum atomic E-state index is 13.3. The van der Waals surface area contributed by atoms with Crippen LogP contribution in [0.4, 0.5) is 0 Å². The molecular formula is C47H44O7S. The number of thioether (sulfide) groups is 1. The smallest absolute Gasteiger partial charge is 0.342 e. The Hall–Kier alpha value is -5.99. The molecule has 0 aliphatic heterocycles. The van der Waals surface area contributed by atoms with Crippen molar-refractivity contribution in [2.75, 3.05) is 6.61 Å². The van der Waals surface area contributed by atoms with Gasteiger partial charge in [-0.15, -0.1) is 0 Å². The number of benzene rings is 6. The molecule has 0 amide bonds. The summed E-state index contributed by atoms with van der Waals surface area (Å²) in [7, 11) is 0. The van der Waals surface area contributed by atoms with Crippen LogP contribution in [0.15, 0.2) is 146 Å². The van der Waals surface area contributed by atoms with Gasteiger partial charge in [-0.2, -0.15) is 11.8 Å². The minimum atomic E-state index is -0.483. The monoisotopic (exact) mass is 752 g/mol. The summed E-state index contributed by atoms with van der Waals surface area (Å²) in [6.07, 6.45) is 0. The fourth-order valence-electron chi connectivity index (χ4n) is 5.79. The van der Waals surface area contributed by atoms with Crippen LogP contribution in [-0.4, -0.2) is 18.4 Å². The number of Topliss-reactive ketones (excluding diaryl/α,β-unsaturated/α-hetero) is 1. The molecule has 7 nitrogen and oxygen atoms in total. The van der Waals surface area contributed by atoms with Crippen molar-refractivity contribution in [3.8, 4) is 23.0 Å². The van der Waals surface area contributed by atoms with E-state index in [-0.39, 0.29) is 19.0 Å². The van der Waals surface area contributed by atoms with E-state index in [0.717, 1.165) is 33.4 Å². The zero-order valence-corrected chi connectivity index (χ0v) is 31.9. The molecule has 0 spiro atoms. The van der Waals surface area contributed by atoms with E-state index in [0.29, 0.717) is 65.5 Å². The first-order chi connectivity index (χ1) is 27.0. The molecule has 55 heavy (non-hydrogen) atoms. The molecule has 0 aliphatic carbocycles. The summed E-state index contributed by atoms with van der Waals surface area (Å²) in [6.45, 7) is 4.79. The first-order valence-corrected chi connectivity index (χ1v) is 19.4. The molecule has 280 valence electrons. The number of hydrogen-bond donors (Lipinski definition) is 0. The van der Waals surface area contributed by atoms with Gasteiger partial charge >= 0.3 is 5.97 Å². The molecule has 0 aromatic heterocycles. The summed E-state index contributed by atoms with van der Waals surface area (Å²) in [6, 6.07) is 46.8. The normalized spacial score (nSPS) is 10.7. The fourth-order valence-corrected chi connectivity index (χ4v) is 6.79. The van der Waals surface area contributed by atoms with Gasteiger partial charge in [-0.3, -0.25) is 4.79 Å². The lowest BCUT2D eigenvalue weighted by molar-refractivity contribution is 0.0520. The van der Waals surface area contributed by atoms with Crippen LogP contribution in [0, 0.1) is 0 Å². The van der Waals surface area contributed by atoms with Crippen LogP contribution in [-0.2, 0) is 42.7 Å². The van der Waals surface area contributed by atoms with Crippen LogP contribution in [0.1, 0.15) is 67.9 Å². The van der Waals surface area contributed by atoms with Gasteiger partial charge in [0.25, 0.3) is 0 Å². The van der Waals surface area contributed by atoms with Gasteiger partial charge in [0.2, 0.25) is 0 Å². The zero-order chi connectivity index (χ0) is 38.2. The minimum Gasteiger partial charge on any atom is -0.489 e. The lowest BCUT2D eigenvalue weighted by Crippen LogP contribution is -2.10. The third-order valence-corrected chi connectivity index (χ3v) is 9.69. The van der Waals surface area contributed by atoms with Crippen LogP contribution in [0.2, 0.25) is 0 Å². The van der Waals surface area contributed by atoms with Gasteiger partial charge in [0.05, 0.1) is 12.2 Å². The summed E-state index contributed by atoms with van der Waals surface area (Å²) in [4.78, 5) is 26.2. The van der Waals surface area contributed by atoms with Gasteiger partial charge in [0.15, 0.2) is 5.78 Å². The maximum absolute atomic E-state index is 13.3. The topological polar surface area (TPSA) is 80.3 Å². The number of rotatable bonds is 19. The number of ketones is 1. The van der Waals surface area contributed by atoms with Crippen LogP contribution >= 0.6 is 11.8 Å². The first kappa shape index (κ1) is 38.7. The van der Waals surface area contributed by atoms with Crippen molar-refractivity contribution < 1.29 is 33.3 Å². The summed E-state index contributed by atoms with van der Waals surface area (Å²) >= 11 is 1.64. The van der Waals surface area contributed by atoms with E-state index in [1.807, 2.05) is 133 Å². The summed E-state index contributed by atoms with van der Waals surface area (Å²) in [5.41, 5.74) is 6.47. The second-order valence-electron chi connectivity index (χ2n) is 12.8. The van der Waals surface area contributed by atoms with Crippen molar-refractivity contribution >= 4 is 23.5 Å². The van der Waals surface area contributed by atoms with E-state index in [9.17, 15) is 9.59 Å². The summed E-state index contributed by atoms with van der Waals surface area (Å²) in [5, 5.41) is 0. The van der Waals surface area contributed by atoms with E-state index in [1.165, 1.54) is 6.92 Å². The summed E-state index contributed by atoms with van der Waals surface area (Å²) < 4.78 is 30.8. The standard InChI is InChI=1S/C47H44O7S/c1-3-50-47(49)42-27-44(52-29-36-18-10-5-11-19-36)40(25-46(42)54-31-38-22-14-7-15-23-38)33-55-32-39-24-45(53-30-37-20-12-6-13-21-37)41(34(2)48)26-43(39)51-28-35-16-8-4-9-17-35/h4-27H,3,28-33H2,1-2H3. The fraction of sp³-hybridized carbons (Fsp3) is 0.191. The maximum Gasteiger partial charge on any atom is 0.342 e. The quantitative estimate of drug-likeness (QED) is 0.0598. The zero-order valence-electron chi connectivity index (χ0n) is 31.1. The number of carbonyl (C=O) groups excluding carboxylic acids is 2. The molecule has 0 heterocycles. The Bertz CT molecular complexity index is 2140. The molecule has 0 radical (unpaired) electrons. The SMILES string of the molecule is CCOC(=O)c1cc(OCc2ccccc2)c(CSCc2cc(OCc3ccccc3)c(C(C)=O)cc2OCc2ccccc2)cc1OCc1ccccc1. The van der Waals surface area contributed by atoms with Crippen LogP contribution in [0.25, 0.3) is 0 Å². The lowest BCUT2D eigenvalue weighted by Gasteiger charge is -2.19. The highest BCUT2D eigenvalue weighted by molar-refractivity contribution is 7.97. The van der Waals surface area contributed by atoms with Gasteiger partial charge in [-0.1, -0.05) is 121 Å². The average Bonchev–Trinajstić information content (AvgIpc) is 3.22. The molecule has 8 heteroatoms. The van der Waals surface area contributed by atoms with Crippen molar-refractivity contribution in [3.63, 3.8) is 0 Å². The second-order valence-corrected chi connectivity index (χ2v) is 13.8. The van der Waals surface area contributed by atoms with Gasteiger partial charge in [0.1, 0.15) is 55.0 Å². The van der Waals surface area contributed by atoms with Crippen molar-refractivity contribution in [2.45, 2.75) is 51.8 Å². The van der Waals surface area contributed by atoms with Crippen LogP contribution in [0.5, 0.6) is 23.0 Å². The number of hydrogen-bond acceptors (Lipinski definition) is 8. The Kier molecular flexibility index (Phi) is 14.0. The van der Waals surface area contributed by atoms with E-state index < -0.39 is 5.97 Å². The van der Waals surface area contributed by atoms with Gasteiger partial charge in [0, 0.05) is 22.6 Å². The van der Waals surface area contributed by atoms with Crippen molar-refractivity contribution in [1.29, 1.82) is 0 Å². The molecule has 0 N–H and O–H groups in total. The van der Waals surface area contributed by atoms with E-state index in [2.05, 4.69) is 0 Å².